The van der Waals surface area contributed by atoms with E-state index in [0.29, 0.717) is 17.8 Å². The molecule has 5 nitrogen and oxygen atoms in total. The molecule has 1 rings (SSSR count). The van der Waals surface area contributed by atoms with Gasteiger partial charge in [-0.1, -0.05) is 27.7 Å². The second-order valence-corrected chi connectivity index (χ2v) is 6.83. The summed E-state index contributed by atoms with van der Waals surface area (Å²) in [6.07, 6.45) is 1.10. The van der Waals surface area contributed by atoms with E-state index >= 15 is 0 Å². The van der Waals surface area contributed by atoms with E-state index in [1.807, 2.05) is 6.92 Å². The first-order chi connectivity index (χ1) is 9.70. The highest BCUT2D eigenvalue weighted by atomic mass is 15.1. The van der Waals surface area contributed by atoms with Crippen molar-refractivity contribution in [2.45, 2.75) is 53.0 Å². The standard InChI is InChI=1S/C16H31N5/c1-10(2)8-13(9-21(6)7)18-16-12(5)14(17)19-15(20-16)11(3)4/h10-11,13H,8-9H2,1-7H3,(H3,17,18,19,20). The van der Waals surface area contributed by atoms with Crippen molar-refractivity contribution in [1.82, 2.24) is 14.9 Å². The monoisotopic (exact) mass is 293 g/mol. The van der Waals surface area contributed by atoms with Crippen LogP contribution in [0, 0.1) is 12.8 Å². The summed E-state index contributed by atoms with van der Waals surface area (Å²) in [7, 11) is 4.19. The molecule has 0 fully saturated rings. The van der Waals surface area contributed by atoms with E-state index in [2.05, 4.69) is 62.0 Å². The maximum Gasteiger partial charge on any atom is 0.135 e. The van der Waals surface area contributed by atoms with Gasteiger partial charge in [-0.2, -0.15) is 0 Å². The molecule has 1 aromatic rings. The topological polar surface area (TPSA) is 67.1 Å². The third kappa shape index (κ3) is 5.50. The largest absolute Gasteiger partial charge is 0.383 e. The van der Waals surface area contributed by atoms with Crippen LogP contribution in [0.25, 0.3) is 0 Å². The fraction of sp³-hybridized carbons (Fsp3) is 0.750. The Balaban J connectivity index is 3.01. The van der Waals surface area contributed by atoms with Crippen molar-refractivity contribution in [3.63, 3.8) is 0 Å². The van der Waals surface area contributed by atoms with E-state index in [4.69, 9.17) is 5.73 Å². The van der Waals surface area contributed by atoms with Crippen molar-refractivity contribution in [1.29, 1.82) is 0 Å². The first-order valence-electron chi connectivity index (χ1n) is 7.76. The Labute approximate surface area is 129 Å². The van der Waals surface area contributed by atoms with Gasteiger partial charge in [0.15, 0.2) is 0 Å². The molecule has 0 spiro atoms. The molecule has 1 atom stereocenters. The summed E-state index contributed by atoms with van der Waals surface area (Å²) in [5.74, 6) is 3.15. The van der Waals surface area contributed by atoms with E-state index in [0.717, 1.165) is 30.2 Å². The predicted molar refractivity (Wildman–Crippen MR) is 90.7 cm³/mol. The van der Waals surface area contributed by atoms with Crippen LogP contribution in [0.2, 0.25) is 0 Å². The smallest absolute Gasteiger partial charge is 0.135 e. The summed E-state index contributed by atoms with van der Waals surface area (Å²) in [6, 6.07) is 0.355. The number of hydrogen-bond acceptors (Lipinski definition) is 5. The molecule has 3 N–H and O–H groups in total. The molecule has 0 aliphatic carbocycles. The van der Waals surface area contributed by atoms with Gasteiger partial charge in [-0.25, -0.2) is 9.97 Å². The van der Waals surface area contributed by atoms with Crippen LogP contribution >= 0.6 is 0 Å². The molecule has 1 unspecified atom stereocenters. The maximum atomic E-state index is 6.04. The Morgan fingerprint density at radius 1 is 1.14 bits per heavy atom. The van der Waals surface area contributed by atoms with Crippen LogP contribution in [0.5, 0.6) is 0 Å². The number of nitrogens with zero attached hydrogens (tertiary/aromatic N) is 3. The van der Waals surface area contributed by atoms with Crippen LogP contribution in [0.15, 0.2) is 0 Å². The number of nitrogens with one attached hydrogen (secondary N) is 1. The fourth-order valence-corrected chi connectivity index (χ4v) is 2.33. The first kappa shape index (κ1) is 17.7. The molecule has 5 heteroatoms. The van der Waals surface area contributed by atoms with Crippen molar-refractivity contribution in [3.8, 4) is 0 Å². The van der Waals surface area contributed by atoms with Crippen LogP contribution in [-0.4, -0.2) is 41.5 Å². The van der Waals surface area contributed by atoms with Crippen molar-refractivity contribution < 1.29 is 0 Å². The number of hydrogen-bond donors (Lipinski definition) is 2. The molecule has 0 saturated heterocycles. The summed E-state index contributed by atoms with van der Waals surface area (Å²) >= 11 is 0. The number of aromatic nitrogens is 2. The minimum atomic E-state index is 0.269. The van der Waals surface area contributed by atoms with Gasteiger partial charge in [-0.3, -0.25) is 0 Å². The quantitative estimate of drug-likeness (QED) is 0.809. The Kier molecular flexibility index (Phi) is 6.40. The van der Waals surface area contributed by atoms with Gasteiger partial charge in [-0.05, 0) is 33.4 Å². The molecular weight excluding hydrogens is 262 g/mol. The molecule has 0 saturated carbocycles. The second kappa shape index (κ2) is 7.59. The molecule has 1 aromatic heterocycles. The van der Waals surface area contributed by atoms with Crippen LogP contribution in [-0.2, 0) is 0 Å². The summed E-state index contributed by atoms with van der Waals surface area (Å²) in [4.78, 5) is 11.2. The Morgan fingerprint density at radius 2 is 1.76 bits per heavy atom. The second-order valence-electron chi connectivity index (χ2n) is 6.83. The molecule has 0 aromatic carbocycles. The zero-order chi connectivity index (χ0) is 16.2. The zero-order valence-corrected chi connectivity index (χ0v) is 14.6. The molecule has 0 radical (unpaired) electrons. The van der Waals surface area contributed by atoms with E-state index in [-0.39, 0.29) is 5.92 Å². The first-order valence-corrected chi connectivity index (χ1v) is 7.76. The van der Waals surface area contributed by atoms with Crippen LogP contribution in [0.4, 0.5) is 11.6 Å². The van der Waals surface area contributed by atoms with Gasteiger partial charge in [-0.15, -0.1) is 0 Å². The minimum Gasteiger partial charge on any atom is -0.383 e. The van der Waals surface area contributed by atoms with Crippen molar-refractivity contribution >= 4 is 11.6 Å². The fourth-order valence-electron chi connectivity index (χ4n) is 2.33. The molecule has 0 bridgehead atoms. The summed E-state index contributed by atoms with van der Waals surface area (Å²) in [5, 5.41) is 3.57. The van der Waals surface area contributed by atoms with Gasteiger partial charge in [0.25, 0.3) is 0 Å². The molecule has 120 valence electrons. The highest BCUT2D eigenvalue weighted by molar-refractivity contribution is 5.55. The number of rotatable bonds is 7. The van der Waals surface area contributed by atoms with Crippen molar-refractivity contribution in [3.05, 3.63) is 11.4 Å². The molecule has 1 heterocycles. The highest BCUT2D eigenvalue weighted by Gasteiger charge is 2.17. The van der Waals surface area contributed by atoms with Gasteiger partial charge in [0.2, 0.25) is 0 Å². The van der Waals surface area contributed by atoms with E-state index in [1.165, 1.54) is 0 Å². The van der Waals surface area contributed by atoms with Gasteiger partial charge in [0.1, 0.15) is 17.5 Å². The lowest BCUT2D eigenvalue weighted by atomic mass is 10.0. The summed E-state index contributed by atoms with van der Waals surface area (Å²) < 4.78 is 0. The van der Waals surface area contributed by atoms with Gasteiger partial charge in [0.05, 0.1) is 0 Å². The minimum absolute atomic E-state index is 0.269. The van der Waals surface area contributed by atoms with E-state index < -0.39 is 0 Å². The molecule has 0 aliphatic rings. The molecular formula is C16H31N5. The van der Waals surface area contributed by atoms with Crippen LogP contribution in [0.1, 0.15) is 51.4 Å². The van der Waals surface area contributed by atoms with Crippen LogP contribution in [0.3, 0.4) is 0 Å². The van der Waals surface area contributed by atoms with Crippen LogP contribution < -0.4 is 11.1 Å². The number of nitrogen functional groups attached to an aromatic ring is 1. The lowest BCUT2D eigenvalue weighted by molar-refractivity contribution is 0.356. The normalized spacial score (nSPS) is 13.2. The van der Waals surface area contributed by atoms with E-state index in [1.54, 1.807) is 0 Å². The van der Waals surface area contributed by atoms with Crippen molar-refractivity contribution in [2.75, 3.05) is 31.7 Å². The SMILES string of the molecule is Cc1c(N)nc(C(C)C)nc1NC(CC(C)C)CN(C)C. The van der Waals surface area contributed by atoms with Gasteiger partial charge in [0, 0.05) is 24.1 Å². The Hall–Kier alpha value is -1.36. The molecule has 0 aliphatic heterocycles. The molecule has 21 heavy (non-hydrogen) atoms. The third-order valence-corrected chi connectivity index (χ3v) is 3.40. The molecule has 0 amide bonds. The average molecular weight is 293 g/mol. The number of nitrogens with two attached hydrogens (primary N) is 1. The average Bonchev–Trinajstić information content (AvgIpc) is 2.32. The third-order valence-electron chi connectivity index (χ3n) is 3.40. The summed E-state index contributed by atoms with van der Waals surface area (Å²) in [6.45, 7) is 11.6. The summed E-state index contributed by atoms with van der Waals surface area (Å²) in [5.41, 5.74) is 6.97. The Bertz CT molecular complexity index is 444. The van der Waals surface area contributed by atoms with E-state index in [9.17, 15) is 0 Å². The maximum absolute atomic E-state index is 6.04. The highest BCUT2D eigenvalue weighted by Crippen LogP contribution is 2.22. The van der Waals surface area contributed by atoms with Gasteiger partial charge >= 0.3 is 0 Å². The lowest BCUT2D eigenvalue weighted by Crippen LogP contribution is -2.34. The predicted octanol–water partition coefficient (Wildman–Crippen LogP) is 2.88. The van der Waals surface area contributed by atoms with Gasteiger partial charge < -0.3 is 16.0 Å². The lowest BCUT2D eigenvalue weighted by Gasteiger charge is -2.25. The number of likely N-dealkylation sites (N-methyl/N-ethyl adjacent to an activating group) is 1. The zero-order valence-electron chi connectivity index (χ0n) is 14.6. The number of anilines is 2. The van der Waals surface area contributed by atoms with Crippen molar-refractivity contribution in [2.24, 2.45) is 5.92 Å². The Morgan fingerprint density at radius 3 is 2.24 bits per heavy atom.